The van der Waals surface area contributed by atoms with E-state index in [4.69, 9.17) is 14.9 Å². The number of benzene rings is 1. The average Bonchev–Trinajstić information content (AvgIpc) is 2.73. The van der Waals surface area contributed by atoms with E-state index in [9.17, 15) is 4.79 Å². The Balaban J connectivity index is 2.17. The molecule has 0 aliphatic carbocycles. The third-order valence-electron chi connectivity index (χ3n) is 2.60. The topological polar surface area (TPSA) is 77.5 Å². The Hall–Kier alpha value is -2.01. The van der Waals surface area contributed by atoms with Crippen LogP contribution in [0, 0.1) is 0 Å². The van der Waals surface area contributed by atoms with Gasteiger partial charge in [0, 0.05) is 6.04 Å². The van der Waals surface area contributed by atoms with Crippen molar-refractivity contribution in [3.05, 3.63) is 30.0 Å². The van der Waals surface area contributed by atoms with Gasteiger partial charge in [-0.1, -0.05) is 12.1 Å². The first-order chi connectivity index (χ1) is 9.11. The average molecular weight is 262 g/mol. The summed E-state index contributed by atoms with van der Waals surface area (Å²) in [6.07, 6.45) is 0. The number of carbonyl (C=O) groups excluding carboxylic acids is 1. The molecular weight excluding hydrogens is 244 g/mol. The Morgan fingerprint density at radius 2 is 2.16 bits per heavy atom. The fraction of sp³-hybridized carbons (Fsp3) is 0.357. The maximum atomic E-state index is 11.6. The Bertz CT molecular complexity index is 575. The van der Waals surface area contributed by atoms with Crippen molar-refractivity contribution in [2.75, 3.05) is 6.61 Å². The third-order valence-corrected chi connectivity index (χ3v) is 2.60. The first-order valence-electron chi connectivity index (χ1n) is 6.24. The van der Waals surface area contributed by atoms with Crippen molar-refractivity contribution in [1.82, 2.24) is 5.32 Å². The minimum absolute atomic E-state index is 0.0469. The first-order valence-corrected chi connectivity index (χ1v) is 6.24. The van der Waals surface area contributed by atoms with E-state index >= 15 is 0 Å². The summed E-state index contributed by atoms with van der Waals surface area (Å²) in [5.41, 5.74) is 6.34. The Morgan fingerprint density at radius 3 is 2.84 bits per heavy atom. The minimum Gasteiger partial charge on any atom is -0.479 e. The van der Waals surface area contributed by atoms with Crippen LogP contribution in [0.4, 0.5) is 0 Å². The number of para-hydroxylation sites is 1. The molecule has 1 aromatic carbocycles. The van der Waals surface area contributed by atoms with Crippen LogP contribution in [0.3, 0.4) is 0 Å². The molecular formula is C14H18N2O3. The van der Waals surface area contributed by atoms with Crippen molar-refractivity contribution >= 4 is 16.9 Å². The number of nitrogens with one attached hydrogen (secondary N) is 1. The fourth-order valence-corrected chi connectivity index (χ4v) is 1.87. The van der Waals surface area contributed by atoms with Crippen LogP contribution in [0.25, 0.3) is 11.0 Å². The molecule has 0 aliphatic rings. The molecule has 1 amide bonds. The van der Waals surface area contributed by atoms with Gasteiger partial charge in [-0.25, -0.2) is 0 Å². The lowest BCUT2D eigenvalue weighted by Crippen LogP contribution is -2.34. The summed E-state index contributed by atoms with van der Waals surface area (Å²) in [6.45, 7) is 3.98. The molecule has 102 valence electrons. The van der Waals surface area contributed by atoms with Crippen LogP contribution in [0.1, 0.15) is 19.6 Å². The molecule has 3 N–H and O–H groups in total. The lowest BCUT2D eigenvalue weighted by atomic mass is 10.2. The summed E-state index contributed by atoms with van der Waals surface area (Å²) in [5.74, 6) is 0.943. The number of hydrogen-bond acceptors (Lipinski definition) is 4. The molecule has 5 nitrogen and oxygen atoms in total. The highest BCUT2D eigenvalue weighted by Gasteiger charge is 2.15. The van der Waals surface area contributed by atoms with E-state index in [1.165, 1.54) is 0 Å². The zero-order valence-corrected chi connectivity index (χ0v) is 11.1. The van der Waals surface area contributed by atoms with Gasteiger partial charge in [0.1, 0.15) is 5.58 Å². The predicted molar refractivity (Wildman–Crippen MR) is 72.9 cm³/mol. The standard InChI is InChI=1S/C14H18N2O3/c1-9(2)16-13(17)8-18-14-10-5-3-4-6-11(10)19-12(14)7-15/h3-6,9H,7-8,15H2,1-2H3,(H,16,17). The highest BCUT2D eigenvalue weighted by molar-refractivity contribution is 5.86. The van der Waals surface area contributed by atoms with E-state index in [-0.39, 0.29) is 25.1 Å². The van der Waals surface area contributed by atoms with E-state index in [0.717, 1.165) is 5.39 Å². The van der Waals surface area contributed by atoms with Crippen LogP contribution in [0.2, 0.25) is 0 Å². The molecule has 1 aromatic heterocycles. The summed E-state index contributed by atoms with van der Waals surface area (Å²) in [4.78, 5) is 11.6. The van der Waals surface area contributed by atoms with Gasteiger partial charge in [-0.15, -0.1) is 0 Å². The summed E-state index contributed by atoms with van der Waals surface area (Å²) in [6, 6.07) is 7.58. The fourth-order valence-electron chi connectivity index (χ4n) is 1.87. The second kappa shape index (κ2) is 5.75. The van der Waals surface area contributed by atoms with Crippen molar-refractivity contribution < 1.29 is 13.9 Å². The van der Waals surface area contributed by atoms with Gasteiger partial charge in [0.25, 0.3) is 5.91 Å². The number of amides is 1. The van der Waals surface area contributed by atoms with Gasteiger partial charge in [0.2, 0.25) is 0 Å². The van der Waals surface area contributed by atoms with Crippen molar-refractivity contribution in [2.45, 2.75) is 26.4 Å². The molecule has 5 heteroatoms. The summed E-state index contributed by atoms with van der Waals surface area (Å²) >= 11 is 0. The number of fused-ring (bicyclic) bond motifs is 1. The second-order valence-corrected chi connectivity index (χ2v) is 4.57. The van der Waals surface area contributed by atoms with Crippen LogP contribution >= 0.6 is 0 Å². The monoisotopic (exact) mass is 262 g/mol. The smallest absolute Gasteiger partial charge is 0.258 e. The number of hydrogen-bond donors (Lipinski definition) is 2. The van der Waals surface area contributed by atoms with Gasteiger partial charge >= 0.3 is 0 Å². The van der Waals surface area contributed by atoms with E-state index in [0.29, 0.717) is 17.1 Å². The molecule has 0 fully saturated rings. The van der Waals surface area contributed by atoms with Crippen molar-refractivity contribution in [2.24, 2.45) is 5.73 Å². The summed E-state index contributed by atoms with van der Waals surface area (Å²) in [5, 5.41) is 3.60. The largest absolute Gasteiger partial charge is 0.479 e. The maximum absolute atomic E-state index is 11.6. The van der Waals surface area contributed by atoms with Gasteiger partial charge in [0.15, 0.2) is 18.1 Å². The van der Waals surface area contributed by atoms with E-state index < -0.39 is 0 Å². The van der Waals surface area contributed by atoms with Crippen molar-refractivity contribution in [3.63, 3.8) is 0 Å². The van der Waals surface area contributed by atoms with Crippen LogP contribution < -0.4 is 15.8 Å². The lowest BCUT2D eigenvalue weighted by molar-refractivity contribution is -0.123. The SMILES string of the molecule is CC(C)NC(=O)COc1c(CN)oc2ccccc12. The highest BCUT2D eigenvalue weighted by atomic mass is 16.5. The zero-order valence-electron chi connectivity index (χ0n) is 11.1. The van der Waals surface area contributed by atoms with E-state index in [1.54, 1.807) is 0 Å². The Labute approximate surface area is 111 Å². The summed E-state index contributed by atoms with van der Waals surface area (Å²) in [7, 11) is 0. The molecule has 0 unspecified atom stereocenters. The number of nitrogens with two attached hydrogens (primary N) is 1. The van der Waals surface area contributed by atoms with Gasteiger partial charge in [-0.3, -0.25) is 4.79 Å². The maximum Gasteiger partial charge on any atom is 0.258 e. The molecule has 2 aromatic rings. The Kier molecular flexibility index (Phi) is 4.06. The zero-order chi connectivity index (χ0) is 13.8. The quantitative estimate of drug-likeness (QED) is 0.861. The van der Waals surface area contributed by atoms with Gasteiger partial charge < -0.3 is 20.2 Å². The molecule has 19 heavy (non-hydrogen) atoms. The molecule has 1 heterocycles. The number of ether oxygens (including phenoxy) is 1. The normalized spacial score (nSPS) is 10.9. The summed E-state index contributed by atoms with van der Waals surface area (Å²) < 4.78 is 11.1. The highest BCUT2D eigenvalue weighted by Crippen LogP contribution is 2.32. The molecule has 0 bridgehead atoms. The van der Waals surface area contributed by atoms with Crippen LogP contribution in [0.15, 0.2) is 28.7 Å². The molecule has 0 radical (unpaired) electrons. The Morgan fingerprint density at radius 1 is 1.42 bits per heavy atom. The molecule has 0 aliphatic heterocycles. The van der Waals surface area contributed by atoms with E-state index in [2.05, 4.69) is 5.32 Å². The third kappa shape index (κ3) is 3.06. The van der Waals surface area contributed by atoms with Gasteiger partial charge in [-0.05, 0) is 26.0 Å². The minimum atomic E-state index is -0.164. The molecule has 0 spiro atoms. The first kappa shape index (κ1) is 13.4. The number of furan rings is 1. The molecule has 0 saturated heterocycles. The molecule has 0 saturated carbocycles. The second-order valence-electron chi connectivity index (χ2n) is 4.57. The van der Waals surface area contributed by atoms with Crippen molar-refractivity contribution in [1.29, 1.82) is 0 Å². The lowest BCUT2D eigenvalue weighted by Gasteiger charge is -2.09. The van der Waals surface area contributed by atoms with Crippen LogP contribution in [-0.2, 0) is 11.3 Å². The van der Waals surface area contributed by atoms with Crippen LogP contribution in [0.5, 0.6) is 5.75 Å². The predicted octanol–water partition coefficient (Wildman–Crippen LogP) is 1.79. The van der Waals surface area contributed by atoms with Crippen LogP contribution in [-0.4, -0.2) is 18.6 Å². The van der Waals surface area contributed by atoms with Crippen molar-refractivity contribution in [3.8, 4) is 5.75 Å². The number of carbonyl (C=O) groups is 1. The number of rotatable bonds is 5. The van der Waals surface area contributed by atoms with Gasteiger partial charge in [0.05, 0.1) is 11.9 Å². The molecule has 2 rings (SSSR count). The molecule has 0 atom stereocenters. The van der Waals surface area contributed by atoms with E-state index in [1.807, 2.05) is 38.1 Å². The van der Waals surface area contributed by atoms with Gasteiger partial charge in [-0.2, -0.15) is 0 Å².